The molecule has 1 atom stereocenters. The lowest BCUT2D eigenvalue weighted by Gasteiger charge is -2.36. The summed E-state index contributed by atoms with van der Waals surface area (Å²) in [6.07, 6.45) is 0.121. The molecule has 0 aliphatic heterocycles. The summed E-state index contributed by atoms with van der Waals surface area (Å²) in [4.78, 5) is 12.0. The van der Waals surface area contributed by atoms with E-state index in [2.05, 4.69) is 26.3 Å². The number of hydrogen-bond donors (Lipinski definition) is 2. The van der Waals surface area contributed by atoms with Crippen molar-refractivity contribution in [3.8, 4) is 0 Å². The van der Waals surface area contributed by atoms with Gasteiger partial charge < -0.3 is 15.2 Å². The number of nitrogens with zero attached hydrogens (tertiary/aromatic N) is 2. The summed E-state index contributed by atoms with van der Waals surface area (Å²) in [6, 6.07) is 0. The van der Waals surface area contributed by atoms with Gasteiger partial charge in [-0.1, -0.05) is 13.8 Å². The number of hydrogen-bond acceptors (Lipinski definition) is 4. The van der Waals surface area contributed by atoms with Crippen molar-refractivity contribution in [3.05, 3.63) is 15.9 Å². The molecule has 1 aromatic rings. The van der Waals surface area contributed by atoms with E-state index in [1.165, 1.54) is 0 Å². The number of carbonyl (C=O) groups excluding carboxylic acids is 1. The minimum Gasteiger partial charge on any atom is -0.444 e. The van der Waals surface area contributed by atoms with E-state index in [0.717, 1.165) is 15.9 Å². The molecule has 6 nitrogen and oxygen atoms in total. The van der Waals surface area contributed by atoms with Gasteiger partial charge in [0, 0.05) is 25.4 Å². The van der Waals surface area contributed by atoms with Crippen molar-refractivity contribution in [3.63, 3.8) is 0 Å². The lowest BCUT2D eigenvalue weighted by atomic mass is 9.74. The number of aryl methyl sites for hydroxylation is 2. The molecule has 2 N–H and O–H groups in total. The molecule has 0 aliphatic rings. The summed E-state index contributed by atoms with van der Waals surface area (Å²) in [7, 11) is 1.89. The fraction of sp³-hybridized carbons (Fsp3) is 0.765. The maximum atomic E-state index is 12.0. The first-order chi connectivity index (χ1) is 10.9. The fourth-order valence-corrected chi connectivity index (χ4v) is 3.01. The van der Waals surface area contributed by atoms with E-state index in [-0.39, 0.29) is 12.5 Å². The SMILES string of the molecule is Cc1nn(C)c(CC(CO)(CNC(=O)OC(C)(C)C)C(C)C)c1Br. The largest absolute Gasteiger partial charge is 0.444 e. The van der Waals surface area contributed by atoms with Crippen LogP contribution in [0, 0.1) is 18.3 Å². The number of alkyl carbamates (subject to hydrolysis) is 1. The van der Waals surface area contributed by atoms with E-state index in [1.807, 2.05) is 53.3 Å². The maximum Gasteiger partial charge on any atom is 0.407 e. The van der Waals surface area contributed by atoms with Crippen LogP contribution in [0.25, 0.3) is 0 Å². The van der Waals surface area contributed by atoms with Crippen molar-refractivity contribution in [2.45, 2.75) is 53.6 Å². The van der Waals surface area contributed by atoms with E-state index in [0.29, 0.717) is 13.0 Å². The Morgan fingerprint density at radius 2 is 2.00 bits per heavy atom. The number of nitrogens with one attached hydrogen (secondary N) is 1. The number of amides is 1. The fourth-order valence-electron chi connectivity index (χ4n) is 2.53. The van der Waals surface area contributed by atoms with Gasteiger partial charge in [0.2, 0.25) is 0 Å². The van der Waals surface area contributed by atoms with Gasteiger partial charge in [-0.2, -0.15) is 5.10 Å². The Morgan fingerprint density at radius 1 is 1.42 bits per heavy atom. The van der Waals surface area contributed by atoms with Crippen LogP contribution in [-0.2, 0) is 18.2 Å². The topological polar surface area (TPSA) is 76.4 Å². The third-order valence-corrected chi connectivity index (χ3v) is 5.34. The number of ether oxygens (including phenoxy) is 1. The second kappa shape index (κ2) is 7.87. The van der Waals surface area contributed by atoms with Crippen molar-refractivity contribution >= 4 is 22.0 Å². The first-order valence-corrected chi connectivity index (χ1v) is 8.97. The predicted molar refractivity (Wildman–Crippen MR) is 97.9 cm³/mol. The first kappa shape index (κ1) is 21.0. The molecular formula is C17H30BrN3O3. The number of aliphatic hydroxyl groups excluding tert-OH is 1. The monoisotopic (exact) mass is 403 g/mol. The Morgan fingerprint density at radius 3 is 2.38 bits per heavy atom. The first-order valence-electron chi connectivity index (χ1n) is 8.17. The van der Waals surface area contributed by atoms with E-state index < -0.39 is 17.1 Å². The van der Waals surface area contributed by atoms with Gasteiger partial charge in [-0.25, -0.2) is 4.79 Å². The summed E-state index contributed by atoms with van der Waals surface area (Å²) in [5.41, 5.74) is 0.857. The van der Waals surface area contributed by atoms with Crippen LogP contribution in [0.2, 0.25) is 0 Å². The zero-order valence-electron chi connectivity index (χ0n) is 15.7. The number of aliphatic hydroxyl groups is 1. The maximum absolute atomic E-state index is 12.0. The molecule has 0 spiro atoms. The Balaban J connectivity index is 2.96. The Kier molecular flexibility index (Phi) is 6.87. The van der Waals surface area contributed by atoms with Gasteiger partial charge in [-0.15, -0.1) is 0 Å². The molecule has 0 aliphatic carbocycles. The van der Waals surface area contributed by atoms with Gasteiger partial charge in [0.25, 0.3) is 0 Å². The van der Waals surface area contributed by atoms with E-state index in [1.54, 1.807) is 0 Å². The molecule has 1 aromatic heterocycles. The molecular weight excluding hydrogens is 374 g/mol. The van der Waals surface area contributed by atoms with Gasteiger partial charge in [-0.3, -0.25) is 4.68 Å². The summed E-state index contributed by atoms with van der Waals surface area (Å²) in [5, 5.41) is 17.3. The molecule has 0 saturated heterocycles. The predicted octanol–water partition coefficient (Wildman–Crippen LogP) is 3.19. The van der Waals surface area contributed by atoms with Crippen LogP contribution >= 0.6 is 15.9 Å². The van der Waals surface area contributed by atoms with Gasteiger partial charge >= 0.3 is 6.09 Å². The van der Waals surface area contributed by atoms with Gasteiger partial charge in [-0.05, 0) is 49.5 Å². The highest BCUT2D eigenvalue weighted by Gasteiger charge is 2.36. The van der Waals surface area contributed by atoms with Crippen LogP contribution < -0.4 is 5.32 Å². The highest BCUT2D eigenvalue weighted by molar-refractivity contribution is 9.10. The van der Waals surface area contributed by atoms with Gasteiger partial charge in [0.05, 0.1) is 22.5 Å². The summed E-state index contributed by atoms with van der Waals surface area (Å²) in [6.45, 7) is 11.8. The standard InChI is InChI=1S/C17H30BrN3O3/c1-11(2)17(10-22,9-19-15(23)24-16(4,5)6)8-13-14(18)12(3)20-21(13)7/h11,22H,8-10H2,1-7H3,(H,19,23). The normalized spacial score (nSPS) is 14.6. The van der Waals surface area contributed by atoms with Crippen molar-refractivity contribution in [2.24, 2.45) is 18.4 Å². The molecule has 0 radical (unpaired) electrons. The van der Waals surface area contributed by atoms with Gasteiger partial charge in [0.1, 0.15) is 5.60 Å². The summed E-state index contributed by atoms with van der Waals surface area (Å²) in [5.74, 6) is 0.152. The second-order valence-electron chi connectivity index (χ2n) is 7.68. The van der Waals surface area contributed by atoms with Crippen LogP contribution in [0.1, 0.15) is 46.0 Å². The molecule has 0 bridgehead atoms. The van der Waals surface area contributed by atoms with Crippen LogP contribution in [0.15, 0.2) is 4.47 Å². The molecule has 138 valence electrons. The Hall–Kier alpha value is -1.08. The van der Waals surface area contributed by atoms with Crippen molar-refractivity contribution in [1.29, 1.82) is 0 Å². The lowest BCUT2D eigenvalue weighted by molar-refractivity contribution is 0.0389. The van der Waals surface area contributed by atoms with Crippen molar-refractivity contribution < 1.29 is 14.6 Å². The molecule has 0 aromatic carbocycles. The molecule has 1 rings (SSSR count). The third-order valence-electron chi connectivity index (χ3n) is 4.30. The third kappa shape index (κ3) is 5.21. The number of rotatable bonds is 6. The van der Waals surface area contributed by atoms with Crippen molar-refractivity contribution in [2.75, 3.05) is 13.2 Å². The highest BCUT2D eigenvalue weighted by Crippen LogP contribution is 2.34. The number of halogens is 1. The molecule has 0 fully saturated rings. The molecule has 0 saturated carbocycles. The minimum absolute atomic E-state index is 0.0445. The van der Waals surface area contributed by atoms with Crippen LogP contribution in [0.3, 0.4) is 0 Å². The second-order valence-corrected chi connectivity index (χ2v) is 8.47. The Labute approximate surface area is 153 Å². The average molecular weight is 404 g/mol. The van der Waals surface area contributed by atoms with Crippen LogP contribution in [0.4, 0.5) is 4.79 Å². The van der Waals surface area contributed by atoms with E-state index in [9.17, 15) is 9.90 Å². The summed E-state index contributed by atoms with van der Waals surface area (Å²) < 4.78 is 8.06. The Bertz CT molecular complexity index is 578. The zero-order chi connectivity index (χ0) is 18.7. The summed E-state index contributed by atoms with van der Waals surface area (Å²) >= 11 is 3.57. The van der Waals surface area contributed by atoms with Gasteiger partial charge in [0.15, 0.2) is 0 Å². The van der Waals surface area contributed by atoms with E-state index >= 15 is 0 Å². The smallest absolute Gasteiger partial charge is 0.407 e. The molecule has 24 heavy (non-hydrogen) atoms. The number of aromatic nitrogens is 2. The molecule has 1 amide bonds. The highest BCUT2D eigenvalue weighted by atomic mass is 79.9. The molecule has 1 heterocycles. The average Bonchev–Trinajstić information content (AvgIpc) is 2.67. The quantitative estimate of drug-likeness (QED) is 0.764. The number of carbonyl (C=O) groups is 1. The lowest BCUT2D eigenvalue weighted by Crippen LogP contribution is -2.46. The van der Waals surface area contributed by atoms with Crippen LogP contribution in [-0.4, -0.2) is 39.7 Å². The van der Waals surface area contributed by atoms with E-state index in [4.69, 9.17) is 4.74 Å². The molecule has 1 unspecified atom stereocenters. The van der Waals surface area contributed by atoms with Crippen LogP contribution in [0.5, 0.6) is 0 Å². The van der Waals surface area contributed by atoms with Crippen molar-refractivity contribution in [1.82, 2.24) is 15.1 Å². The minimum atomic E-state index is -0.550. The zero-order valence-corrected chi connectivity index (χ0v) is 17.3. The molecule has 7 heteroatoms.